The molecule has 0 atom stereocenters. The molecule has 10 heteroatoms. The van der Waals surface area contributed by atoms with Gasteiger partial charge in [0.2, 0.25) is 5.13 Å². The normalized spacial score (nSPS) is 12.1. The van der Waals surface area contributed by atoms with Crippen LogP contribution in [-0.2, 0) is 6.18 Å². The summed E-state index contributed by atoms with van der Waals surface area (Å²) in [5, 5.41) is 12.6. The number of aromatic nitrogens is 3. The molecule has 2 aromatic heterocycles. The summed E-state index contributed by atoms with van der Waals surface area (Å²) in [6.45, 7) is 0. The Hall–Kier alpha value is -3.56. The number of para-hydroxylation sites is 2. The minimum Gasteiger partial charge on any atom is -0.230 e. The number of hydrogen-bond acceptors (Lipinski definition) is 5. The molecule has 0 aliphatic carbocycles. The van der Waals surface area contributed by atoms with Gasteiger partial charge in [0, 0.05) is 5.56 Å². The van der Waals surface area contributed by atoms with E-state index in [4.69, 9.17) is 11.6 Å². The van der Waals surface area contributed by atoms with Crippen molar-refractivity contribution >= 4 is 44.0 Å². The van der Waals surface area contributed by atoms with E-state index in [2.05, 4.69) is 20.3 Å². The van der Waals surface area contributed by atoms with Crippen LogP contribution in [-0.4, -0.2) is 14.8 Å². The molecule has 5 nitrogen and oxygen atoms in total. The van der Waals surface area contributed by atoms with Gasteiger partial charge in [-0.2, -0.15) is 18.3 Å². The molecule has 33 heavy (non-hydrogen) atoms. The molecule has 0 unspecified atom stereocenters. The summed E-state index contributed by atoms with van der Waals surface area (Å²) in [5.74, 6) is 0. The largest absolute Gasteiger partial charge is 0.437 e. The van der Waals surface area contributed by atoms with E-state index in [0.29, 0.717) is 21.8 Å². The summed E-state index contributed by atoms with van der Waals surface area (Å²) in [4.78, 5) is 4.30. The molecule has 0 radical (unpaired) electrons. The molecule has 5 aromatic rings. The predicted molar refractivity (Wildman–Crippen MR) is 123 cm³/mol. The van der Waals surface area contributed by atoms with Crippen LogP contribution in [0.1, 0.15) is 5.69 Å². The van der Waals surface area contributed by atoms with Crippen LogP contribution in [0.5, 0.6) is 0 Å². The molecule has 3 aromatic carbocycles. The zero-order valence-electron chi connectivity index (χ0n) is 16.7. The molecule has 0 bridgehead atoms. The van der Waals surface area contributed by atoms with Crippen molar-refractivity contribution in [1.82, 2.24) is 14.8 Å². The number of benzene rings is 3. The lowest BCUT2D eigenvalue weighted by Crippen LogP contribution is -2.07. The number of alkyl halides is 3. The van der Waals surface area contributed by atoms with Crippen LogP contribution in [0.25, 0.3) is 27.2 Å². The van der Waals surface area contributed by atoms with E-state index in [1.165, 1.54) is 16.0 Å². The highest BCUT2D eigenvalue weighted by Crippen LogP contribution is 2.44. The van der Waals surface area contributed by atoms with Gasteiger partial charge in [0.25, 0.3) is 0 Å². The predicted octanol–water partition coefficient (Wildman–Crippen LogP) is 8.24. The first-order valence-electron chi connectivity index (χ1n) is 9.69. The van der Waals surface area contributed by atoms with Crippen LogP contribution in [0, 0.1) is 0 Å². The average molecular weight is 484 g/mol. The Kier molecular flexibility index (Phi) is 5.43. The average Bonchev–Trinajstić information content (AvgIpc) is 3.41. The van der Waals surface area contributed by atoms with Gasteiger partial charge in [0.05, 0.1) is 15.4 Å². The topological polar surface area (TPSA) is 55.4 Å². The Labute approximate surface area is 194 Å². The van der Waals surface area contributed by atoms with Gasteiger partial charge in [-0.25, -0.2) is 9.67 Å². The number of fused-ring (bicyclic) bond motifs is 1. The standard InChI is InChI=1S/C23H13ClF3N5S/c24-16-12-7-13-17-18(16)28-22(33-17)30-29-19-20(14-8-3-1-4-9-14)32(15-10-5-2-6-11-15)31-21(19)23(25,26)27/h1-13H. The molecule has 5 rings (SSSR count). The van der Waals surface area contributed by atoms with E-state index in [1.54, 1.807) is 72.8 Å². The first kappa shape index (κ1) is 21.3. The van der Waals surface area contributed by atoms with Crippen molar-refractivity contribution in [3.8, 4) is 16.9 Å². The minimum absolute atomic E-state index is 0.178. The van der Waals surface area contributed by atoms with Crippen LogP contribution < -0.4 is 0 Å². The fourth-order valence-corrected chi connectivity index (χ4v) is 4.43. The third-order valence-corrected chi connectivity index (χ3v) is 5.98. The van der Waals surface area contributed by atoms with Crippen LogP contribution in [0.3, 0.4) is 0 Å². The van der Waals surface area contributed by atoms with E-state index >= 15 is 0 Å². The minimum atomic E-state index is -4.74. The second-order valence-corrected chi connectivity index (χ2v) is 8.36. The van der Waals surface area contributed by atoms with E-state index in [0.717, 1.165) is 4.70 Å². The highest BCUT2D eigenvalue weighted by molar-refractivity contribution is 7.22. The van der Waals surface area contributed by atoms with Gasteiger partial charge in [-0.05, 0) is 24.3 Å². The van der Waals surface area contributed by atoms with Crippen molar-refractivity contribution in [3.05, 3.63) is 89.6 Å². The molecule has 0 aliphatic rings. The van der Waals surface area contributed by atoms with Gasteiger partial charge >= 0.3 is 6.18 Å². The monoisotopic (exact) mass is 483 g/mol. The van der Waals surface area contributed by atoms with Crippen molar-refractivity contribution < 1.29 is 13.2 Å². The second-order valence-electron chi connectivity index (χ2n) is 6.94. The fourth-order valence-electron chi connectivity index (χ4n) is 3.35. The summed E-state index contributed by atoms with van der Waals surface area (Å²) in [6.07, 6.45) is -4.74. The Balaban J connectivity index is 1.73. The van der Waals surface area contributed by atoms with Crippen molar-refractivity contribution in [2.45, 2.75) is 6.18 Å². The van der Waals surface area contributed by atoms with Crippen LogP contribution in [0.2, 0.25) is 5.02 Å². The Morgan fingerprint density at radius 2 is 1.55 bits per heavy atom. The van der Waals surface area contributed by atoms with Crippen molar-refractivity contribution in [2.24, 2.45) is 10.2 Å². The van der Waals surface area contributed by atoms with Crippen LogP contribution in [0.15, 0.2) is 89.1 Å². The lowest BCUT2D eigenvalue weighted by Gasteiger charge is -2.08. The summed E-state index contributed by atoms with van der Waals surface area (Å²) in [5.41, 5.74) is 0.172. The number of rotatable bonds is 4. The van der Waals surface area contributed by atoms with Crippen LogP contribution in [0.4, 0.5) is 24.0 Å². The highest BCUT2D eigenvalue weighted by atomic mass is 35.5. The Morgan fingerprint density at radius 3 is 2.21 bits per heavy atom. The molecule has 0 fully saturated rings. The van der Waals surface area contributed by atoms with Gasteiger partial charge in [-0.1, -0.05) is 77.5 Å². The summed E-state index contributed by atoms with van der Waals surface area (Å²) >= 11 is 7.34. The molecule has 0 saturated heterocycles. The molecule has 0 spiro atoms. The smallest absolute Gasteiger partial charge is 0.230 e. The van der Waals surface area contributed by atoms with Crippen molar-refractivity contribution in [1.29, 1.82) is 0 Å². The first-order valence-corrected chi connectivity index (χ1v) is 10.9. The van der Waals surface area contributed by atoms with Crippen molar-refractivity contribution in [2.75, 3.05) is 0 Å². The third-order valence-electron chi connectivity index (χ3n) is 4.77. The lowest BCUT2D eigenvalue weighted by molar-refractivity contribution is -0.140. The van der Waals surface area contributed by atoms with Gasteiger partial charge < -0.3 is 0 Å². The molecule has 0 saturated carbocycles. The van der Waals surface area contributed by atoms with Gasteiger partial charge in [0.1, 0.15) is 16.9 Å². The zero-order valence-corrected chi connectivity index (χ0v) is 18.2. The molecule has 164 valence electrons. The number of hydrogen-bond donors (Lipinski definition) is 0. The SMILES string of the molecule is FC(F)(F)c1nn(-c2ccccc2)c(-c2ccccc2)c1N=Nc1nc2c(Cl)cccc2s1. The molecule has 2 heterocycles. The highest BCUT2D eigenvalue weighted by Gasteiger charge is 2.40. The quantitative estimate of drug-likeness (QED) is 0.242. The van der Waals surface area contributed by atoms with E-state index in [9.17, 15) is 13.2 Å². The Morgan fingerprint density at radius 1 is 0.848 bits per heavy atom. The molecule has 0 aliphatic heterocycles. The maximum absolute atomic E-state index is 14.0. The summed E-state index contributed by atoms with van der Waals surface area (Å²) < 4.78 is 44.0. The zero-order chi connectivity index (χ0) is 23.0. The number of nitrogens with zero attached hydrogens (tertiary/aromatic N) is 5. The molecule has 0 N–H and O–H groups in total. The van der Waals surface area contributed by atoms with Crippen molar-refractivity contribution in [3.63, 3.8) is 0 Å². The fraction of sp³-hybridized carbons (Fsp3) is 0.0435. The summed E-state index contributed by atoms with van der Waals surface area (Å²) in [7, 11) is 0. The first-order chi connectivity index (χ1) is 15.9. The number of halogens is 4. The van der Waals surface area contributed by atoms with Crippen LogP contribution >= 0.6 is 22.9 Å². The second kappa shape index (κ2) is 8.42. The van der Waals surface area contributed by atoms with Gasteiger partial charge in [0.15, 0.2) is 5.69 Å². The summed E-state index contributed by atoms with van der Waals surface area (Å²) in [6, 6.07) is 22.5. The molecular weight excluding hydrogens is 471 g/mol. The number of azo groups is 1. The van der Waals surface area contributed by atoms with E-state index in [-0.39, 0.29) is 16.5 Å². The molecule has 0 amide bonds. The third kappa shape index (κ3) is 4.12. The lowest BCUT2D eigenvalue weighted by atomic mass is 10.1. The maximum atomic E-state index is 14.0. The van der Waals surface area contributed by atoms with Gasteiger partial charge in [-0.3, -0.25) is 0 Å². The number of thiazole rings is 1. The molecular formula is C23H13ClF3N5S. The van der Waals surface area contributed by atoms with E-state index in [1.807, 2.05) is 6.07 Å². The van der Waals surface area contributed by atoms with E-state index < -0.39 is 11.9 Å². The Bertz CT molecular complexity index is 1460. The van der Waals surface area contributed by atoms with Gasteiger partial charge in [-0.15, -0.1) is 10.2 Å². The maximum Gasteiger partial charge on any atom is 0.437 e.